The Hall–Kier alpha value is -5.96. The van der Waals surface area contributed by atoms with Crippen LogP contribution in [0.2, 0.25) is 0 Å². The van der Waals surface area contributed by atoms with Gasteiger partial charge in [-0.1, -0.05) is 87.4 Å². The second kappa shape index (κ2) is 24.8. The Labute approximate surface area is 456 Å². The average molecular weight is 1120 g/mol. The van der Waals surface area contributed by atoms with Crippen molar-refractivity contribution < 1.29 is 53.6 Å². The maximum Gasteiger partial charge on any atom is 0.407 e. The maximum atomic E-state index is 15.0. The standard InChI is InChI=1S/C58H74N4O12S3/c1-14-58(12,13)56(63)72-27-25-59-57(64)73-28-26-61(15-2)76(67,68)52-20-18-17-19-45(52)53-43-23-21-39(60-54-46(35(4)5)31-41(75(65)66)32-47(54)36(6)7)29-50(43)74-51-30-40(22-24-44(51)53)62(16-3)55-48(37(8)9)33-42(77(69,70)71)34-49(55)38(10)11/h17-24,29-38H,14-16,25-28H2,1-13H3,(H3,59,64,65,66,69,70,71). The van der Waals surface area contributed by atoms with Crippen LogP contribution in [0.3, 0.4) is 0 Å². The number of alkyl carbamates (subject to hydrolysis) is 1. The van der Waals surface area contributed by atoms with Gasteiger partial charge < -0.3 is 29.1 Å². The number of nitrogens with one attached hydrogen (secondary N) is 2. The number of amides is 1. The number of anilines is 2. The highest BCUT2D eigenvalue weighted by Gasteiger charge is 2.32. The molecule has 1 amide bonds. The summed E-state index contributed by atoms with van der Waals surface area (Å²) in [5, 5.41) is 7.43. The van der Waals surface area contributed by atoms with E-state index in [1.165, 1.54) is 16.4 Å². The Bertz CT molecular complexity index is 3400. The molecule has 77 heavy (non-hydrogen) atoms. The number of rotatable bonds is 22. The van der Waals surface area contributed by atoms with Crippen molar-refractivity contribution in [3.8, 4) is 22.5 Å². The molecule has 0 aromatic heterocycles. The number of carbonyl (C=O) groups is 2. The van der Waals surface area contributed by atoms with Gasteiger partial charge in [-0.05, 0) is 122 Å². The summed E-state index contributed by atoms with van der Waals surface area (Å²) >= 11 is -2.45. The molecule has 1 aliphatic carbocycles. The van der Waals surface area contributed by atoms with E-state index < -0.39 is 42.7 Å². The molecule has 2 aliphatic rings. The van der Waals surface area contributed by atoms with E-state index in [0.717, 1.165) is 22.5 Å². The minimum absolute atomic E-state index is 0.000500. The van der Waals surface area contributed by atoms with Crippen LogP contribution in [0.15, 0.2) is 104 Å². The highest BCUT2D eigenvalue weighted by Crippen LogP contribution is 2.45. The molecule has 0 spiro atoms. The fourth-order valence-electron chi connectivity index (χ4n) is 9.24. The lowest BCUT2D eigenvalue weighted by molar-refractivity contribution is -0.153. The van der Waals surface area contributed by atoms with E-state index >= 15 is 0 Å². The fourth-order valence-corrected chi connectivity index (χ4v) is 11.9. The van der Waals surface area contributed by atoms with Gasteiger partial charge in [0, 0.05) is 74.7 Å². The summed E-state index contributed by atoms with van der Waals surface area (Å²) in [5.74, 6) is -0.387. The van der Waals surface area contributed by atoms with Gasteiger partial charge in [0.05, 0.1) is 27.8 Å². The van der Waals surface area contributed by atoms with Gasteiger partial charge in [-0.3, -0.25) is 13.6 Å². The summed E-state index contributed by atoms with van der Waals surface area (Å²) in [5.41, 5.74) is 6.51. The van der Waals surface area contributed by atoms with Crippen molar-refractivity contribution in [2.75, 3.05) is 44.7 Å². The molecule has 6 rings (SSSR count). The van der Waals surface area contributed by atoms with Crippen molar-refractivity contribution in [3.63, 3.8) is 0 Å². The number of sulfonamides is 1. The molecule has 0 fully saturated rings. The molecule has 16 nitrogen and oxygen atoms in total. The molecule has 0 bridgehead atoms. The molecule has 0 radical (unpaired) electrons. The van der Waals surface area contributed by atoms with Gasteiger partial charge in [-0.15, -0.1) is 0 Å². The first-order valence-electron chi connectivity index (χ1n) is 26.1. The minimum atomic E-state index is -4.54. The third-order valence-electron chi connectivity index (χ3n) is 13.9. The molecule has 4 aromatic rings. The maximum absolute atomic E-state index is 15.0. The van der Waals surface area contributed by atoms with Gasteiger partial charge in [0.1, 0.15) is 31.1 Å². The van der Waals surface area contributed by atoms with E-state index in [1.54, 1.807) is 57.2 Å². The zero-order chi connectivity index (χ0) is 56.9. The molecule has 416 valence electrons. The summed E-state index contributed by atoms with van der Waals surface area (Å²) in [6.45, 7) is 25.0. The Morgan fingerprint density at radius 3 is 1.94 bits per heavy atom. The Balaban J connectivity index is 1.54. The third-order valence-corrected chi connectivity index (χ3v) is 17.4. The highest BCUT2D eigenvalue weighted by molar-refractivity contribution is 7.89. The first kappa shape index (κ1) is 60.3. The van der Waals surface area contributed by atoms with Gasteiger partial charge in [0.2, 0.25) is 21.1 Å². The van der Waals surface area contributed by atoms with Crippen LogP contribution in [-0.4, -0.2) is 85.9 Å². The zero-order valence-electron chi connectivity index (χ0n) is 46.4. The summed E-state index contributed by atoms with van der Waals surface area (Å²) < 4.78 is 111. The second-order valence-electron chi connectivity index (χ2n) is 20.9. The third kappa shape index (κ3) is 13.5. The summed E-state index contributed by atoms with van der Waals surface area (Å²) in [6, 6.07) is 24.4. The van der Waals surface area contributed by atoms with Crippen molar-refractivity contribution in [2.24, 2.45) is 5.41 Å². The van der Waals surface area contributed by atoms with E-state index in [1.807, 2.05) is 106 Å². The number of ether oxygens (including phenoxy) is 2. The van der Waals surface area contributed by atoms with Gasteiger partial charge in [-0.25, -0.2) is 13.2 Å². The van der Waals surface area contributed by atoms with Crippen LogP contribution in [0.1, 0.15) is 142 Å². The molecule has 1 atom stereocenters. The Kier molecular flexibility index (Phi) is 19.4. The first-order chi connectivity index (χ1) is 36.2. The lowest BCUT2D eigenvalue weighted by atomic mass is 9.91. The Morgan fingerprint density at radius 1 is 0.779 bits per heavy atom. The number of esters is 1. The summed E-state index contributed by atoms with van der Waals surface area (Å²) in [7, 11) is -8.83. The topological polar surface area (TPSA) is 225 Å². The smallest absolute Gasteiger partial charge is 0.407 e. The lowest BCUT2D eigenvalue weighted by Gasteiger charge is -2.24. The number of hydrogen-bond donors (Lipinski definition) is 3. The van der Waals surface area contributed by atoms with Crippen molar-refractivity contribution in [3.05, 3.63) is 113 Å². The average Bonchev–Trinajstić information content (AvgIpc) is 3.37. The van der Waals surface area contributed by atoms with E-state index in [4.69, 9.17) is 13.9 Å². The minimum Gasteiger partial charge on any atom is -0.768 e. The molecule has 1 unspecified atom stereocenters. The van der Waals surface area contributed by atoms with E-state index in [9.17, 15) is 39.7 Å². The molecule has 3 N–H and O–H groups in total. The normalized spacial score (nSPS) is 13.3. The quantitative estimate of drug-likeness (QED) is 0.0144. The molecule has 0 saturated heterocycles. The number of likely N-dealkylation sites (N-methyl/N-ethyl adjacent to an activating group) is 1. The van der Waals surface area contributed by atoms with Crippen molar-refractivity contribution in [1.29, 1.82) is 0 Å². The van der Waals surface area contributed by atoms with Gasteiger partial charge in [-0.2, -0.15) is 17.3 Å². The van der Waals surface area contributed by atoms with Gasteiger partial charge in [0.25, 0.3) is 10.1 Å². The second-order valence-corrected chi connectivity index (χ2v) is 25.2. The van der Waals surface area contributed by atoms with Crippen LogP contribution in [0, 0.1) is 5.41 Å². The molecule has 1 heterocycles. The van der Waals surface area contributed by atoms with E-state index in [-0.39, 0.29) is 77.2 Å². The summed E-state index contributed by atoms with van der Waals surface area (Å²) in [4.78, 5) is 25.0. The van der Waals surface area contributed by atoms with Crippen LogP contribution < -0.4 is 20.6 Å². The highest BCUT2D eigenvalue weighted by atomic mass is 32.2. The van der Waals surface area contributed by atoms with Gasteiger partial charge >= 0.3 is 12.1 Å². The number of nitrogens with zero attached hydrogens (tertiary/aromatic N) is 2. The summed E-state index contributed by atoms with van der Waals surface area (Å²) in [6.07, 6.45) is -0.206. The number of benzene rings is 5. The number of carbonyl (C=O) groups excluding carboxylic acids is 2. The van der Waals surface area contributed by atoms with Gasteiger partial charge in [0.15, 0.2) is 0 Å². The fraction of sp³-hybridized carbons (Fsp3) is 0.431. The van der Waals surface area contributed by atoms with Crippen LogP contribution in [-0.2, 0) is 45.5 Å². The molecule has 4 aromatic carbocycles. The first-order valence-corrected chi connectivity index (χ1v) is 30.1. The Morgan fingerprint density at radius 2 is 1.39 bits per heavy atom. The number of fused-ring (bicyclic) bond motifs is 2. The zero-order valence-corrected chi connectivity index (χ0v) is 48.8. The molecular formula is C58H74N4O12S3. The molecule has 19 heteroatoms. The van der Waals surface area contributed by atoms with Crippen molar-refractivity contribution >= 4 is 71.3 Å². The van der Waals surface area contributed by atoms with Crippen LogP contribution in [0.5, 0.6) is 0 Å². The molecule has 1 aliphatic heterocycles. The van der Waals surface area contributed by atoms with E-state index in [0.29, 0.717) is 68.6 Å². The SMILES string of the molecule is CCN(CCOC(=O)NCCOC(=O)C(C)(C)CC)S(=O)(=O)c1ccccc1-c1c2ccc(=[N+](CC)c3c(C(C)C)cc(S(=O)(=O)O)cc3C(C)C)cc-2oc2cc(Nc3c(C(C)C)cc(S(=O)[O-])cc3C(C)C)ccc12. The monoisotopic (exact) mass is 1110 g/mol. The molecular weight excluding hydrogens is 1040 g/mol. The molecule has 0 saturated carbocycles. The predicted octanol–water partition coefficient (Wildman–Crippen LogP) is 11.8. The lowest BCUT2D eigenvalue weighted by Crippen LogP contribution is -2.36. The largest absolute Gasteiger partial charge is 0.768 e. The number of hydrogen-bond acceptors (Lipinski definition) is 12. The van der Waals surface area contributed by atoms with E-state index in [2.05, 4.69) is 15.2 Å². The van der Waals surface area contributed by atoms with Crippen LogP contribution >= 0.6 is 0 Å². The predicted molar refractivity (Wildman–Crippen MR) is 302 cm³/mol. The van der Waals surface area contributed by atoms with Crippen molar-refractivity contribution in [2.45, 2.75) is 135 Å². The van der Waals surface area contributed by atoms with Crippen LogP contribution in [0.4, 0.5) is 21.9 Å². The van der Waals surface area contributed by atoms with Crippen molar-refractivity contribution in [1.82, 2.24) is 14.2 Å². The van der Waals surface area contributed by atoms with Crippen LogP contribution in [0.25, 0.3) is 33.4 Å².